The maximum atomic E-state index is 12.1. The van der Waals surface area contributed by atoms with Gasteiger partial charge in [-0.15, -0.1) is 0 Å². The molecule has 3 amide bonds. The summed E-state index contributed by atoms with van der Waals surface area (Å²) in [6.07, 6.45) is 2.02. The molecule has 0 aromatic heterocycles. The minimum absolute atomic E-state index is 0.0217. The number of amides is 3. The van der Waals surface area contributed by atoms with Gasteiger partial charge in [-0.25, -0.2) is 4.79 Å². The summed E-state index contributed by atoms with van der Waals surface area (Å²) < 4.78 is 0. The van der Waals surface area contributed by atoms with Crippen molar-refractivity contribution in [2.45, 2.75) is 51.6 Å². The monoisotopic (exact) mass is 317 g/mol. The quantitative estimate of drug-likeness (QED) is 0.899. The first kappa shape index (κ1) is 17.3. The van der Waals surface area contributed by atoms with Crippen LogP contribution in [0.5, 0.6) is 0 Å². The van der Waals surface area contributed by atoms with Gasteiger partial charge in [-0.2, -0.15) is 0 Å². The Morgan fingerprint density at radius 1 is 1.13 bits per heavy atom. The van der Waals surface area contributed by atoms with Crippen molar-refractivity contribution in [1.82, 2.24) is 15.5 Å². The average molecular weight is 317 g/mol. The van der Waals surface area contributed by atoms with Crippen LogP contribution in [0.15, 0.2) is 30.3 Å². The number of hydrogen-bond donors (Lipinski definition) is 2. The molecule has 5 nitrogen and oxygen atoms in total. The Morgan fingerprint density at radius 3 is 2.30 bits per heavy atom. The average Bonchev–Trinajstić information content (AvgIpc) is 2.47. The number of carbonyl (C=O) groups excluding carboxylic acids is 2. The first-order valence-corrected chi connectivity index (χ1v) is 8.24. The van der Waals surface area contributed by atoms with E-state index in [0.717, 1.165) is 18.4 Å². The largest absolute Gasteiger partial charge is 0.353 e. The van der Waals surface area contributed by atoms with Crippen molar-refractivity contribution in [3.63, 3.8) is 0 Å². The van der Waals surface area contributed by atoms with Crippen LogP contribution in [-0.2, 0) is 11.2 Å². The second-order valence-corrected chi connectivity index (χ2v) is 7.17. The van der Waals surface area contributed by atoms with E-state index in [1.54, 1.807) is 0 Å². The Balaban J connectivity index is 1.74. The Kier molecular flexibility index (Phi) is 5.64. The molecular weight excluding hydrogens is 290 g/mol. The lowest BCUT2D eigenvalue weighted by Gasteiger charge is -2.34. The van der Waals surface area contributed by atoms with Gasteiger partial charge in [0.15, 0.2) is 0 Å². The molecule has 0 atom stereocenters. The fourth-order valence-corrected chi connectivity index (χ4v) is 2.69. The lowest BCUT2D eigenvalue weighted by Crippen LogP contribution is -2.53. The Labute approximate surface area is 138 Å². The van der Waals surface area contributed by atoms with Gasteiger partial charge in [0, 0.05) is 24.7 Å². The van der Waals surface area contributed by atoms with Crippen LogP contribution in [-0.4, -0.2) is 41.5 Å². The number of carbonyl (C=O) groups is 2. The highest BCUT2D eigenvalue weighted by molar-refractivity contribution is 5.79. The number of likely N-dealkylation sites (tertiary alicyclic amines) is 1. The topological polar surface area (TPSA) is 61.4 Å². The van der Waals surface area contributed by atoms with E-state index in [9.17, 15) is 9.59 Å². The fraction of sp³-hybridized carbons (Fsp3) is 0.556. The van der Waals surface area contributed by atoms with Crippen LogP contribution in [0.3, 0.4) is 0 Å². The lowest BCUT2D eigenvalue weighted by molar-refractivity contribution is -0.121. The van der Waals surface area contributed by atoms with Crippen LogP contribution in [0.4, 0.5) is 4.79 Å². The highest BCUT2D eigenvalue weighted by Gasteiger charge is 2.25. The summed E-state index contributed by atoms with van der Waals surface area (Å²) in [6, 6.07) is 9.87. The molecule has 1 aromatic rings. The zero-order chi connectivity index (χ0) is 16.9. The zero-order valence-corrected chi connectivity index (χ0v) is 14.3. The van der Waals surface area contributed by atoms with Crippen molar-refractivity contribution in [3.8, 4) is 0 Å². The molecule has 1 saturated heterocycles. The molecule has 0 saturated carbocycles. The van der Waals surface area contributed by atoms with Gasteiger partial charge in [-0.1, -0.05) is 30.3 Å². The van der Waals surface area contributed by atoms with Gasteiger partial charge in [0.2, 0.25) is 5.91 Å². The third-order valence-corrected chi connectivity index (χ3v) is 3.84. The SMILES string of the molecule is CC(C)(C)NC(=O)N1CCC(NC(=O)Cc2ccccc2)CC1. The minimum atomic E-state index is -0.224. The van der Waals surface area contributed by atoms with Crippen molar-refractivity contribution in [2.24, 2.45) is 0 Å². The van der Waals surface area contributed by atoms with Crippen LogP contribution in [0, 0.1) is 0 Å². The highest BCUT2D eigenvalue weighted by atomic mass is 16.2. The molecule has 2 rings (SSSR count). The van der Waals surface area contributed by atoms with Crippen LogP contribution in [0.1, 0.15) is 39.2 Å². The van der Waals surface area contributed by atoms with E-state index in [0.29, 0.717) is 19.5 Å². The first-order chi connectivity index (χ1) is 10.8. The standard InChI is InChI=1S/C18H27N3O2/c1-18(2,3)20-17(23)21-11-9-15(10-12-21)19-16(22)13-14-7-5-4-6-8-14/h4-8,15H,9-13H2,1-3H3,(H,19,22)(H,20,23). The zero-order valence-electron chi connectivity index (χ0n) is 14.3. The van der Waals surface area contributed by atoms with Crippen molar-refractivity contribution in [1.29, 1.82) is 0 Å². The maximum absolute atomic E-state index is 12.1. The maximum Gasteiger partial charge on any atom is 0.317 e. The molecule has 0 bridgehead atoms. The van der Waals surface area contributed by atoms with E-state index >= 15 is 0 Å². The third-order valence-electron chi connectivity index (χ3n) is 3.84. The smallest absolute Gasteiger partial charge is 0.317 e. The van der Waals surface area contributed by atoms with Gasteiger partial charge in [-0.05, 0) is 39.2 Å². The molecule has 0 aliphatic carbocycles. The summed E-state index contributed by atoms with van der Waals surface area (Å²) in [4.78, 5) is 26.0. The van der Waals surface area contributed by atoms with E-state index in [-0.39, 0.29) is 23.5 Å². The summed E-state index contributed by atoms with van der Waals surface area (Å²) in [7, 11) is 0. The summed E-state index contributed by atoms with van der Waals surface area (Å²) in [5.41, 5.74) is 0.796. The van der Waals surface area contributed by atoms with Gasteiger partial charge in [-0.3, -0.25) is 4.79 Å². The molecule has 5 heteroatoms. The molecule has 0 radical (unpaired) electrons. The Morgan fingerprint density at radius 2 is 1.74 bits per heavy atom. The number of piperidine rings is 1. The van der Waals surface area contributed by atoms with Crippen molar-refractivity contribution >= 4 is 11.9 Å². The molecule has 1 heterocycles. The molecule has 2 N–H and O–H groups in total. The first-order valence-electron chi connectivity index (χ1n) is 8.24. The van der Waals surface area contributed by atoms with Gasteiger partial charge in [0.25, 0.3) is 0 Å². The van der Waals surface area contributed by atoms with Crippen LogP contribution in [0.25, 0.3) is 0 Å². The summed E-state index contributed by atoms with van der Waals surface area (Å²) in [5, 5.41) is 6.05. The van der Waals surface area contributed by atoms with Crippen molar-refractivity contribution in [2.75, 3.05) is 13.1 Å². The predicted octanol–water partition coefficient (Wildman–Crippen LogP) is 2.32. The number of rotatable bonds is 3. The molecule has 1 aromatic carbocycles. The second-order valence-electron chi connectivity index (χ2n) is 7.17. The number of hydrogen-bond acceptors (Lipinski definition) is 2. The van der Waals surface area contributed by atoms with Gasteiger partial charge in [0.05, 0.1) is 6.42 Å². The second kappa shape index (κ2) is 7.49. The number of nitrogens with zero attached hydrogens (tertiary/aromatic N) is 1. The Hall–Kier alpha value is -2.04. The Bertz CT molecular complexity index is 529. The molecule has 1 fully saturated rings. The third kappa shape index (κ3) is 5.93. The summed E-state index contributed by atoms with van der Waals surface area (Å²) in [5.74, 6) is 0.0498. The molecule has 0 spiro atoms. The van der Waals surface area contributed by atoms with Crippen molar-refractivity contribution < 1.29 is 9.59 Å². The lowest BCUT2D eigenvalue weighted by atomic mass is 10.0. The minimum Gasteiger partial charge on any atom is -0.353 e. The molecule has 126 valence electrons. The van der Waals surface area contributed by atoms with E-state index in [1.165, 1.54) is 0 Å². The molecule has 23 heavy (non-hydrogen) atoms. The number of urea groups is 1. The van der Waals surface area contributed by atoms with Crippen LogP contribution >= 0.6 is 0 Å². The fourth-order valence-electron chi connectivity index (χ4n) is 2.69. The van der Waals surface area contributed by atoms with E-state index < -0.39 is 0 Å². The van der Waals surface area contributed by atoms with Gasteiger partial charge in [0.1, 0.15) is 0 Å². The van der Waals surface area contributed by atoms with Gasteiger partial charge >= 0.3 is 6.03 Å². The number of nitrogens with one attached hydrogen (secondary N) is 2. The van der Waals surface area contributed by atoms with Gasteiger partial charge < -0.3 is 15.5 Å². The highest BCUT2D eigenvalue weighted by Crippen LogP contribution is 2.12. The van der Waals surface area contributed by atoms with E-state index in [4.69, 9.17) is 0 Å². The van der Waals surface area contributed by atoms with E-state index in [2.05, 4.69) is 10.6 Å². The normalized spacial score (nSPS) is 16.0. The number of benzene rings is 1. The molecular formula is C18H27N3O2. The predicted molar refractivity (Wildman–Crippen MR) is 91.2 cm³/mol. The van der Waals surface area contributed by atoms with Crippen molar-refractivity contribution in [3.05, 3.63) is 35.9 Å². The summed E-state index contributed by atoms with van der Waals surface area (Å²) in [6.45, 7) is 7.28. The summed E-state index contributed by atoms with van der Waals surface area (Å²) >= 11 is 0. The van der Waals surface area contributed by atoms with Crippen LogP contribution in [0.2, 0.25) is 0 Å². The molecule has 1 aliphatic rings. The van der Waals surface area contributed by atoms with Crippen LogP contribution < -0.4 is 10.6 Å². The van der Waals surface area contributed by atoms with E-state index in [1.807, 2.05) is 56.0 Å². The molecule has 1 aliphatic heterocycles. The molecule has 0 unspecified atom stereocenters.